The van der Waals surface area contributed by atoms with E-state index in [1.807, 2.05) is 60.7 Å². The van der Waals surface area contributed by atoms with Gasteiger partial charge in [-0.3, -0.25) is 34.1 Å². The van der Waals surface area contributed by atoms with Crippen LogP contribution in [0.2, 0.25) is 0 Å². The number of nitrogen functional groups attached to an aromatic ring is 2. The Morgan fingerprint density at radius 3 is 1.44 bits per heavy atom. The second-order valence-corrected chi connectivity index (χ2v) is 21.2. The molecule has 0 bridgehead atoms. The predicted molar refractivity (Wildman–Crippen MR) is 303 cm³/mol. The monoisotopic (exact) mass is 1050 g/mol. The van der Waals surface area contributed by atoms with E-state index in [2.05, 4.69) is 57.3 Å². The number of pyridine rings is 4. The van der Waals surface area contributed by atoms with Crippen LogP contribution in [-0.4, -0.2) is 80.8 Å². The summed E-state index contributed by atoms with van der Waals surface area (Å²) in [7, 11) is -0.332. The molecule has 0 saturated heterocycles. The largest absolute Gasteiger partial charge is 0.494 e. The average Bonchev–Trinajstić information content (AvgIpc) is 3.39. The second-order valence-electron chi connectivity index (χ2n) is 18.4. The van der Waals surface area contributed by atoms with E-state index in [9.17, 15) is 14.2 Å². The topological polar surface area (TPSA) is 232 Å². The number of aromatic nitrogens is 4. The lowest BCUT2D eigenvalue weighted by Gasteiger charge is -2.17. The molecule has 6 N–H and O–H groups in total. The van der Waals surface area contributed by atoms with E-state index in [1.165, 1.54) is 16.7 Å². The minimum absolute atomic E-state index is 0.0363. The van der Waals surface area contributed by atoms with E-state index in [0.29, 0.717) is 56.6 Å². The van der Waals surface area contributed by atoms with Gasteiger partial charge in [-0.1, -0.05) is 36.4 Å². The Bertz CT molecular complexity index is 3350. The van der Waals surface area contributed by atoms with Crippen LogP contribution in [0.3, 0.4) is 0 Å². The first kappa shape index (κ1) is 56.0. The van der Waals surface area contributed by atoms with E-state index < -0.39 is 19.5 Å². The van der Waals surface area contributed by atoms with Crippen molar-refractivity contribution in [2.75, 3.05) is 50.2 Å². The third kappa shape index (κ3) is 15.0. The van der Waals surface area contributed by atoms with Crippen molar-refractivity contribution in [2.45, 2.75) is 91.9 Å². The van der Waals surface area contributed by atoms with Gasteiger partial charge in [-0.25, -0.2) is 0 Å². The summed E-state index contributed by atoms with van der Waals surface area (Å²) in [5.74, 6) is 0.0196. The Kier molecular flexibility index (Phi) is 19.9. The molecule has 1 atom stereocenters. The molecular weight excluding hydrogens is 987 g/mol. The van der Waals surface area contributed by atoms with Gasteiger partial charge in [0.1, 0.15) is 11.5 Å². The zero-order valence-electron chi connectivity index (χ0n) is 43.3. The normalized spacial score (nSPS) is 11.5. The van der Waals surface area contributed by atoms with Crippen LogP contribution < -0.4 is 20.9 Å². The van der Waals surface area contributed by atoms with Gasteiger partial charge in [0, 0.05) is 57.1 Å². The van der Waals surface area contributed by atoms with Gasteiger partial charge < -0.3 is 40.2 Å². The number of carbonyl (C=O) groups is 2. The first-order chi connectivity index (χ1) is 36.2. The second kappa shape index (κ2) is 26.6. The zero-order chi connectivity index (χ0) is 53.5. The first-order valence-electron chi connectivity index (χ1n) is 25.6. The number of carboxylic acids is 2. The van der Waals surface area contributed by atoms with E-state index in [1.54, 1.807) is 26.2 Å². The minimum atomic E-state index is -3.05. The lowest BCUT2D eigenvalue weighted by Crippen LogP contribution is -2.05. The van der Waals surface area contributed by atoms with Crippen molar-refractivity contribution in [2.24, 2.45) is 0 Å². The molecule has 0 aliphatic rings. The molecule has 4 heterocycles. The molecule has 394 valence electrons. The summed E-state index contributed by atoms with van der Waals surface area (Å²) in [6, 6.07) is 27.8. The molecule has 0 amide bonds. The molecule has 15 nitrogen and oxygen atoms in total. The van der Waals surface area contributed by atoms with Gasteiger partial charge in [0.2, 0.25) is 0 Å². The first-order valence-corrected chi connectivity index (χ1v) is 28.1. The number of aliphatic carboxylic acids is 2. The number of fused-ring (bicyclic) bond motifs is 6. The maximum atomic E-state index is 12.6. The highest BCUT2D eigenvalue weighted by atomic mass is 31.2. The number of nitrogens with two attached hydrogens (primary N) is 2. The maximum absolute atomic E-state index is 12.6. The highest BCUT2D eigenvalue weighted by molar-refractivity contribution is 7.53. The van der Waals surface area contributed by atoms with Crippen LogP contribution in [0.4, 0.5) is 11.4 Å². The molecule has 0 fully saturated rings. The van der Waals surface area contributed by atoms with Crippen LogP contribution in [0.25, 0.3) is 43.6 Å². The number of ether oxygens (including phenoxy) is 2. The van der Waals surface area contributed by atoms with E-state index in [0.717, 1.165) is 128 Å². The summed E-state index contributed by atoms with van der Waals surface area (Å²) in [4.78, 5) is 41.0. The quantitative estimate of drug-likeness (QED) is 0.0180. The van der Waals surface area contributed by atoms with Crippen molar-refractivity contribution in [1.29, 1.82) is 0 Å². The van der Waals surface area contributed by atoms with Crippen molar-refractivity contribution in [3.63, 3.8) is 0 Å². The molecule has 0 aliphatic heterocycles. The van der Waals surface area contributed by atoms with Gasteiger partial charge in [0.15, 0.2) is 0 Å². The van der Waals surface area contributed by atoms with Gasteiger partial charge >= 0.3 is 19.5 Å². The fourth-order valence-electron chi connectivity index (χ4n) is 9.12. The molecule has 1 unspecified atom stereocenters. The third-order valence-electron chi connectivity index (χ3n) is 13.0. The van der Waals surface area contributed by atoms with E-state index >= 15 is 0 Å². The number of anilines is 2. The smallest absolute Gasteiger partial charge is 0.330 e. The highest BCUT2D eigenvalue weighted by Crippen LogP contribution is 2.48. The number of hydrogen-bond donors (Lipinski definition) is 4. The van der Waals surface area contributed by atoms with Crippen LogP contribution in [0.15, 0.2) is 97.3 Å². The SMILES string of the molecule is CCOP(=O)(CCCOc1ccc(CCc2ccc3c(cnc4c(CCC(=O)O)ccc(N)c43)n2)c(C)c1)OCC.Cc1cc(OCCCP)ccc1CCc1ccc2c(cnc3c(CCC(=O)O)ccc(N)c32)n1. The summed E-state index contributed by atoms with van der Waals surface area (Å²) in [6.07, 6.45) is 10.6. The lowest BCUT2D eigenvalue weighted by atomic mass is 10.00. The standard InChI is InChI=1S/C31H38N3O6P.C27H30N3O3P/c1-4-39-41(37,40-5-2)18-6-17-38-25-13-8-22(21(3)19-25)7-11-24-12-14-26-28(34-24)20-33-31-23(10-16-29(35)36)9-15-27(32)30(26)31;1-17-15-21(33-13-2-14-34)9-4-18(17)3-7-20-8-10-22-24(30-20)16-29-27-19(6-12-25(31)32)5-11-23(28)26(22)27/h8-9,12-15,19-20H,4-7,10-11,16-18,32H2,1-3H3,(H,35,36);4-5,8-11,15-16H,2-3,6-7,12-14,28,34H2,1H3,(H,31,32). The maximum Gasteiger partial charge on any atom is 0.330 e. The molecule has 0 spiro atoms. The molecule has 8 rings (SSSR count). The van der Waals surface area contributed by atoms with Crippen LogP contribution in [-0.2, 0) is 61.7 Å². The molecule has 0 saturated carbocycles. The number of carboxylic acid groups (broad SMARTS) is 2. The van der Waals surface area contributed by atoms with E-state index in [4.69, 9.17) is 50.2 Å². The lowest BCUT2D eigenvalue weighted by molar-refractivity contribution is -0.138. The number of nitrogens with zero attached hydrogens (tertiary/aromatic N) is 4. The predicted octanol–water partition coefficient (Wildman–Crippen LogP) is 11.6. The van der Waals surface area contributed by atoms with Gasteiger partial charge in [-0.05, 0) is 167 Å². The van der Waals surface area contributed by atoms with Crippen molar-refractivity contribution in [1.82, 2.24) is 19.9 Å². The van der Waals surface area contributed by atoms with Crippen LogP contribution in [0.1, 0.15) is 84.3 Å². The summed E-state index contributed by atoms with van der Waals surface area (Å²) >= 11 is 0. The van der Waals surface area contributed by atoms with Crippen LogP contribution in [0, 0.1) is 13.8 Å². The molecule has 75 heavy (non-hydrogen) atoms. The Morgan fingerprint density at radius 2 is 1.03 bits per heavy atom. The fourth-order valence-corrected chi connectivity index (χ4v) is 10.9. The van der Waals surface area contributed by atoms with Gasteiger partial charge in [-0.15, -0.1) is 9.24 Å². The number of hydrogen-bond acceptors (Lipinski definition) is 13. The zero-order valence-corrected chi connectivity index (χ0v) is 45.3. The van der Waals surface area contributed by atoms with Crippen LogP contribution >= 0.6 is 16.8 Å². The number of benzene rings is 4. The number of aryl methyl sites for hydroxylation is 8. The van der Waals surface area contributed by atoms with Crippen molar-refractivity contribution in [3.05, 3.63) is 142 Å². The highest BCUT2D eigenvalue weighted by Gasteiger charge is 2.23. The van der Waals surface area contributed by atoms with Crippen molar-refractivity contribution >= 4 is 83.8 Å². The summed E-state index contributed by atoms with van der Waals surface area (Å²) < 4.78 is 34.9. The molecule has 4 aromatic carbocycles. The summed E-state index contributed by atoms with van der Waals surface area (Å²) in [5, 5.41) is 21.6. The summed E-state index contributed by atoms with van der Waals surface area (Å²) in [6.45, 7) is 9.67. The summed E-state index contributed by atoms with van der Waals surface area (Å²) in [5.41, 5.74) is 25.4. The Morgan fingerprint density at radius 1 is 0.587 bits per heavy atom. The molecule has 0 aliphatic carbocycles. The Hall–Kier alpha value is -6.76. The molecule has 0 radical (unpaired) electrons. The third-order valence-corrected chi connectivity index (χ3v) is 15.6. The fraction of sp³-hybridized carbons (Fsp3) is 0.345. The van der Waals surface area contributed by atoms with Crippen LogP contribution in [0.5, 0.6) is 11.5 Å². The van der Waals surface area contributed by atoms with Gasteiger partial charge in [-0.2, -0.15) is 0 Å². The van der Waals surface area contributed by atoms with Crippen molar-refractivity contribution in [3.8, 4) is 11.5 Å². The Labute approximate surface area is 440 Å². The average molecular weight is 1060 g/mol. The van der Waals surface area contributed by atoms with Gasteiger partial charge in [0.25, 0.3) is 0 Å². The minimum Gasteiger partial charge on any atom is -0.494 e. The number of rotatable bonds is 25. The Balaban J connectivity index is 0.000000222. The molecule has 8 aromatic rings. The molecule has 4 aromatic heterocycles. The van der Waals surface area contributed by atoms with Crippen molar-refractivity contribution < 1.29 is 42.9 Å². The molecule has 17 heteroatoms. The van der Waals surface area contributed by atoms with E-state index in [-0.39, 0.29) is 12.8 Å². The van der Waals surface area contributed by atoms with Gasteiger partial charge in [0.05, 0.1) is 67.0 Å². The molecular formula is C58H68N6O9P2.